The third-order valence-electron chi connectivity index (χ3n) is 4.85. The van der Waals surface area contributed by atoms with Crippen molar-refractivity contribution < 1.29 is 4.79 Å². The molecule has 1 atom stereocenters. The van der Waals surface area contributed by atoms with Gasteiger partial charge in [-0.25, -0.2) is 4.98 Å². The van der Waals surface area contributed by atoms with E-state index in [0.717, 1.165) is 18.4 Å². The molecule has 0 saturated carbocycles. The Labute approximate surface area is 151 Å². The van der Waals surface area contributed by atoms with Gasteiger partial charge in [-0.2, -0.15) is 0 Å². The average Bonchev–Trinajstić information content (AvgIpc) is 3.23. The summed E-state index contributed by atoms with van der Waals surface area (Å²) in [6.07, 6.45) is 7.35. The third kappa shape index (κ3) is 3.18. The van der Waals surface area contributed by atoms with E-state index < -0.39 is 0 Å². The number of hydrogen-bond donors (Lipinski definition) is 1. The number of aromatic amines is 1. The van der Waals surface area contributed by atoms with Crippen molar-refractivity contribution in [3.05, 3.63) is 77.1 Å². The molecule has 1 unspecified atom stereocenters. The van der Waals surface area contributed by atoms with Gasteiger partial charge in [-0.15, -0.1) is 0 Å². The van der Waals surface area contributed by atoms with Gasteiger partial charge >= 0.3 is 0 Å². The lowest BCUT2D eigenvalue weighted by Crippen LogP contribution is -2.42. The lowest BCUT2D eigenvalue weighted by molar-refractivity contribution is 0.0677. The van der Waals surface area contributed by atoms with Crippen LogP contribution in [0.15, 0.2) is 66.0 Å². The second-order valence-electron chi connectivity index (χ2n) is 6.54. The quantitative estimate of drug-likeness (QED) is 0.791. The summed E-state index contributed by atoms with van der Waals surface area (Å²) in [7, 11) is 0. The zero-order valence-electron chi connectivity index (χ0n) is 14.3. The first-order chi connectivity index (χ1) is 12.7. The number of pyridine rings is 1. The maximum atomic E-state index is 12.9. The number of nitrogens with zero attached hydrogens (tertiary/aromatic N) is 3. The van der Waals surface area contributed by atoms with E-state index in [0.29, 0.717) is 18.8 Å². The van der Waals surface area contributed by atoms with Crippen LogP contribution < -0.4 is 5.56 Å². The highest BCUT2D eigenvalue weighted by molar-refractivity contribution is 5.94. The number of rotatable bonds is 3. The molecular formula is C20H20N4O2. The van der Waals surface area contributed by atoms with E-state index in [1.54, 1.807) is 29.6 Å². The minimum Gasteiger partial charge on any atom is -0.336 e. The maximum absolute atomic E-state index is 12.9. The second-order valence-corrected chi connectivity index (χ2v) is 6.54. The van der Waals surface area contributed by atoms with Gasteiger partial charge in [-0.3, -0.25) is 9.59 Å². The SMILES string of the molecule is O=C(c1ccc(-c2ccccc2)[nH]c1=O)N1CCCC(n2ccnc2)C1. The van der Waals surface area contributed by atoms with Crippen LogP contribution in [-0.4, -0.2) is 38.4 Å². The van der Waals surface area contributed by atoms with Crippen molar-refractivity contribution in [2.45, 2.75) is 18.9 Å². The fraction of sp³-hybridized carbons (Fsp3) is 0.250. The summed E-state index contributed by atoms with van der Waals surface area (Å²) in [5.74, 6) is -0.212. The lowest BCUT2D eigenvalue weighted by atomic mass is 10.0. The van der Waals surface area contributed by atoms with Crippen molar-refractivity contribution in [3.8, 4) is 11.3 Å². The molecule has 1 aliphatic heterocycles. The van der Waals surface area contributed by atoms with E-state index in [2.05, 4.69) is 9.97 Å². The molecule has 0 radical (unpaired) electrons. The van der Waals surface area contributed by atoms with E-state index in [9.17, 15) is 9.59 Å². The Balaban J connectivity index is 1.55. The molecule has 3 aromatic rings. The highest BCUT2D eigenvalue weighted by atomic mass is 16.2. The standard InChI is InChI=1S/C20H20N4O2/c25-19-17(8-9-18(22-19)15-5-2-1-3-6-15)20(26)23-11-4-7-16(13-23)24-12-10-21-14-24/h1-3,5-6,8-10,12,14,16H,4,7,11,13H2,(H,22,25). The van der Waals surface area contributed by atoms with E-state index >= 15 is 0 Å². The van der Waals surface area contributed by atoms with E-state index in [1.165, 1.54) is 0 Å². The van der Waals surface area contributed by atoms with Crippen molar-refractivity contribution in [3.63, 3.8) is 0 Å². The average molecular weight is 348 g/mol. The number of carbonyl (C=O) groups excluding carboxylic acids is 1. The molecule has 1 fully saturated rings. The minimum absolute atomic E-state index is 0.191. The van der Waals surface area contributed by atoms with E-state index in [-0.39, 0.29) is 23.1 Å². The fourth-order valence-corrected chi connectivity index (χ4v) is 3.47. The number of nitrogens with one attached hydrogen (secondary N) is 1. The van der Waals surface area contributed by atoms with Crippen LogP contribution in [0.25, 0.3) is 11.3 Å². The van der Waals surface area contributed by atoms with Crippen molar-refractivity contribution in [2.24, 2.45) is 0 Å². The Kier molecular flexibility index (Phi) is 4.39. The first-order valence-corrected chi connectivity index (χ1v) is 8.78. The normalized spacial score (nSPS) is 17.2. The van der Waals surface area contributed by atoms with Gasteiger partial charge in [0, 0.05) is 31.2 Å². The highest BCUT2D eigenvalue weighted by Crippen LogP contribution is 2.22. The minimum atomic E-state index is -0.346. The lowest BCUT2D eigenvalue weighted by Gasteiger charge is -2.33. The van der Waals surface area contributed by atoms with Crippen LogP contribution in [0.4, 0.5) is 0 Å². The van der Waals surface area contributed by atoms with Gasteiger partial charge in [0.2, 0.25) is 0 Å². The van der Waals surface area contributed by atoms with Crippen LogP contribution in [0.1, 0.15) is 29.2 Å². The Hall–Kier alpha value is -3.15. The Morgan fingerprint density at radius 3 is 2.73 bits per heavy atom. The summed E-state index contributed by atoms with van der Waals surface area (Å²) in [5, 5.41) is 0. The number of hydrogen-bond acceptors (Lipinski definition) is 3. The van der Waals surface area contributed by atoms with E-state index in [1.807, 2.05) is 41.1 Å². The number of piperidine rings is 1. The highest BCUT2D eigenvalue weighted by Gasteiger charge is 2.26. The van der Waals surface area contributed by atoms with Crippen molar-refractivity contribution in [1.82, 2.24) is 19.4 Å². The molecule has 3 heterocycles. The van der Waals surface area contributed by atoms with Gasteiger partial charge in [-0.05, 0) is 30.5 Å². The summed E-state index contributed by atoms with van der Waals surface area (Å²) < 4.78 is 2.03. The number of amides is 1. The van der Waals surface area contributed by atoms with Gasteiger partial charge in [0.1, 0.15) is 5.56 Å². The smallest absolute Gasteiger partial charge is 0.261 e. The Bertz CT molecular complexity index is 947. The molecule has 6 nitrogen and oxygen atoms in total. The molecule has 0 bridgehead atoms. The van der Waals surface area contributed by atoms with Crippen LogP contribution in [0, 0.1) is 0 Å². The molecule has 26 heavy (non-hydrogen) atoms. The van der Waals surface area contributed by atoms with Crippen LogP contribution in [0.2, 0.25) is 0 Å². The van der Waals surface area contributed by atoms with Crippen LogP contribution >= 0.6 is 0 Å². The number of benzene rings is 1. The molecular weight excluding hydrogens is 328 g/mol. The molecule has 0 spiro atoms. The zero-order chi connectivity index (χ0) is 17.9. The topological polar surface area (TPSA) is 71.0 Å². The molecule has 6 heteroatoms. The number of carbonyl (C=O) groups is 1. The van der Waals surface area contributed by atoms with Crippen LogP contribution in [-0.2, 0) is 0 Å². The first kappa shape index (κ1) is 16.3. The summed E-state index contributed by atoms with van der Waals surface area (Å²) in [4.78, 5) is 34.0. The Morgan fingerprint density at radius 2 is 2.00 bits per heavy atom. The third-order valence-corrected chi connectivity index (χ3v) is 4.85. The second kappa shape index (κ2) is 7.00. The summed E-state index contributed by atoms with van der Waals surface area (Å²) >= 11 is 0. The summed E-state index contributed by atoms with van der Waals surface area (Å²) in [5.41, 5.74) is 1.47. The Morgan fingerprint density at radius 1 is 1.15 bits per heavy atom. The van der Waals surface area contributed by atoms with Gasteiger partial charge in [0.25, 0.3) is 11.5 Å². The number of imidazole rings is 1. The molecule has 1 amide bonds. The molecule has 1 N–H and O–H groups in total. The zero-order valence-corrected chi connectivity index (χ0v) is 14.3. The molecule has 1 saturated heterocycles. The molecule has 132 valence electrons. The van der Waals surface area contributed by atoms with Crippen LogP contribution in [0.5, 0.6) is 0 Å². The monoisotopic (exact) mass is 348 g/mol. The maximum Gasteiger partial charge on any atom is 0.261 e. The first-order valence-electron chi connectivity index (χ1n) is 8.78. The molecule has 1 aromatic carbocycles. The number of likely N-dealkylation sites (tertiary alicyclic amines) is 1. The molecule has 0 aliphatic carbocycles. The predicted molar refractivity (Wildman–Crippen MR) is 98.9 cm³/mol. The van der Waals surface area contributed by atoms with E-state index in [4.69, 9.17) is 0 Å². The summed E-state index contributed by atoms with van der Waals surface area (Å²) in [6.45, 7) is 1.26. The summed E-state index contributed by atoms with van der Waals surface area (Å²) in [6, 6.07) is 13.2. The van der Waals surface area contributed by atoms with Gasteiger partial charge < -0.3 is 14.5 Å². The van der Waals surface area contributed by atoms with Crippen LogP contribution in [0.3, 0.4) is 0 Å². The molecule has 2 aromatic heterocycles. The molecule has 1 aliphatic rings. The van der Waals surface area contributed by atoms with Gasteiger partial charge in [0.05, 0.1) is 12.4 Å². The van der Waals surface area contributed by atoms with Crippen molar-refractivity contribution >= 4 is 5.91 Å². The molecule has 4 rings (SSSR count). The fourth-order valence-electron chi connectivity index (χ4n) is 3.47. The van der Waals surface area contributed by atoms with Gasteiger partial charge in [0.15, 0.2) is 0 Å². The number of aromatic nitrogens is 3. The number of H-pyrrole nitrogens is 1. The van der Waals surface area contributed by atoms with Gasteiger partial charge in [-0.1, -0.05) is 30.3 Å². The largest absolute Gasteiger partial charge is 0.336 e. The predicted octanol–water partition coefficient (Wildman–Crippen LogP) is 2.72. The van der Waals surface area contributed by atoms with Crippen molar-refractivity contribution in [1.29, 1.82) is 0 Å². The van der Waals surface area contributed by atoms with Crippen molar-refractivity contribution in [2.75, 3.05) is 13.1 Å².